The lowest BCUT2D eigenvalue weighted by atomic mass is 10.1. The van der Waals surface area contributed by atoms with Gasteiger partial charge in [0.15, 0.2) is 0 Å². The number of fused-ring (bicyclic) bond motifs is 1. The van der Waals surface area contributed by atoms with E-state index in [2.05, 4.69) is 15.6 Å². The van der Waals surface area contributed by atoms with Crippen molar-refractivity contribution in [3.8, 4) is 0 Å². The number of anilines is 1. The zero-order chi connectivity index (χ0) is 14.1. The summed E-state index contributed by atoms with van der Waals surface area (Å²) in [5, 5.41) is 17.7. The molecular weight excluding hydrogens is 260 g/mol. The van der Waals surface area contributed by atoms with Gasteiger partial charge in [0.1, 0.15) is 5.52 Å². The van der Waals surface area contributed by atoms with Gasteiger partial charge >= 0.3 is 0 Å². The summed E-state index contributed by atoms with van der Waals surface area (Å²) in [4.78, 5) is 25.8. The number of carbonyl (C=O) groups excluding carboxylic acids is 1. The van der Waals surface area contributed by atoms with E-state index in [-0.39, 0.29) is 17.6 Å². The van der Waals surface area contributed by atoms with Gasteiger partial charge in [-0.2, -0.15) is 0 Å². The van der Waals surface area contributed by atoms with E-state index in [1.54, 1.807) is 18.2 Å². The van der Waals surface area contributed by atoms with Crippen LogP contribution in [0.5, 0.6) is 0 Å². The van der Waals surface area contributed by atoms with E-state index in [0.717, 1.165) is 5.69 Å². The molecule has 7 heteroatoms. The Balaban J connectivity index is 2.01. The van der Waals surface area contributed by atoms with Crippen molar-refractivity contribution in [2.45, 2.75) is 12.5 Å². The predicted octanol–water partition coefficient (Wildman–Crippen LogP) is 1.44. The van der Waals surface area contributed by atoms with Crippen molar-refractivity contribution in [1.82, 2.24) is 10.3 Å². The first-order valence-corrected chi connectivity index (χ1v) is 6.20. The number of nitrogens with one attached hydrogen (secondary N) is 2. The number of amides is 1. The number of para-hydroxylation sites is 1. The molecule has 1 atom stereocenters. The van der Waals surface area contributed by atoms with Crippen LogP contribution in [-0.4, -0.2) is 28.4 Å². The molecule has 0 saturated carbocycles. The zero-order valence-corrected chi connectivity index (χ0v) is 10.5. The molecule has 1 aliphatic heterocycles. The number of hydrogen-bond acceptors (Lipinski definition) is 5. The summed E-state index contributed by atoms with van der Waals surface area (Å²) >= 11 is 0. The van der Waals surface area contributed by atoms with Crippen LogP contribution >= 0.6 is 0 Å². The lowest BCUT2D eigenvalue weighted by Crippen LogP contribution is -2.22. The maximum Gasteiger partial charge on any atom is 0.295 e. The fourth-order valence-corrected chi connectivity index (χ4v) is 2.36. The number of pyridine rings is 1. The van der Waals surface area contributed by atoms with Gasteiger partial charge in [-0.25, -0.2) is 4.98 Å². The molecule has 1 unspecified atom stereocenters. The molecule has 0 bridgehead atoms. The van der Waals surface area contributed by atoms with Crippen LogP contribution in [0, 0.1) is 10.1 Å². The highest BCUT2D eigenvalue weighted by molar-refractivity contribution is 5.96. The minimum absolute atomic E-state index is 0.00634. The second-order valence-electron chi connectivity index (χ2n) is 4.64. The van der Waals surface area contributed by atoms with Gasteiger partial charge in [-0.3, -0.25) is 14.9 Å². The molecule has 2 N–H and O–H groups in total. The van der Waals surface area contributed by atoms with Crippen LogP contribution in [0.2, 0.25) is 0 Å². The number of non-ortho nitro benzene ring substituents is 1. The van der Waals surface area contributed by atoms with Crippen LogP contribution in [0.3, 0.4) is 0 Å². The van der Waals surface area contributed by atoms with Gasteiger partial charge in [0.25, 0.3) is 5.69 Å². The van der Waals surface area contributed by atoms with E-state index in [4.69, 9.17) is 0 Å². The Hall–Kier alpha value is -2.70. The molecule has 1 aromatic carbocycles. The second kappa shape index (κ2) is 4.76. The van der Waals surface area contributed by atoms with E-state index in [1.165, 1.54) is 12.3 Å². The van der Waals surface area contributed by atoms with Gasteiger partial charge < -0.3 is 10.6 Å². The second-order valence-corrected chi connectivity index (χ2v) is 4.64. The van der Waals surface area contributed by atoms with Crippen molar-refractivity contribution in [2.75, 3.05) is 11.9 Å². The zero-order valence-electron chi connectivity index (χ0n) is 10.5. The molecule has 0 radical (unpaired) electrons. The van der Waals surface area contributed by atoms with Gasteiger partial charge in [-0.1, -0.05) is 12.1 Å². The van der Waals surface area contributed by atoms with Crippen molar-refractivity contribution in [2.24, 2.45) is 0 Å². The standard InChI is InChI=1S/C13H12N4O3/c18-12-6-8(7-15-12)16-10-4-5-14-13-9(10)2-1-3-11(13)17(19)20/h1-5,8H,6-7H2,(H,14,16)(H,15,18). The number of hydrogen-bond donors (Lipinski definition) is 2. The first kappa shape index (κ1) is 12.3. The number of benzene rings is 1. The Bertz CT molecular complexity index is 701. The summed E-state index contributed by atoms with van der Waals surface area (Å²) in [5.41, 5.74) is 1.08. The van der Waals surface area contributed by atoms with Crippen molar-refractivity contribution >= 4 is 28.2 Å². The Morgan fingerprint density at radius 1 is 1.40 bits per heavy atom. The highest BCUT2D eigenvalue weighted by Crippen LogP contribution is 2.29. The topological polar surface area (TPSA) is 97.2 Å². The van der Waals surface area contributed by atoms with E-state index in [9.17, 15) is 14.9 Å². The van der Waals surface area contributed by atoms with Crippen LogP contribution in [0.15, 0.2) is 30.5 Å². The minimum atomic E-state index is -0.445. The molecule has 0 spiro atoms. The predicted molar refractivity (Wildman–Crippen MR) is 73.4 cm³/mol. The Morgan fingerprint density at radius 3 is 2.95 bits per heavy atom. The monoisotopic (exact) mass is 272 g/mol. The van der Waals surface area contributed by atoms with Crippen LogP contribution in [0.25, 0.3) is 10.9 Å². The number of nitro benzene ring substituents is 1. The Morgan fingerprint density at radius 2 is 2.25 bits per heavy atom. The SMILES string of the molecule is O=C1CC(Nc2ccnc3c([N+](=O)[O-])cccc23)CN1. The quantitative estimate of drug-likeness (QED) is 0.651. The van der Waals surface area contributed by atoms with Crippen molar-refractivity contribution in [3.63, 3.8) is 0 Å². The van der Waals surface area contributed by atoms with Gasteiger partial charge in [0, 0.05) is 36.3 Å². The summed E-state index contributed by atoms with van der Waals surface area (Å²) in [6.07, 6.45) is 1.93. The summed E-state index contributed by atoms with van der Waals surface area (Å²) in [7, 11) is 0. The van der Waals surface area contributed by atoms with Gasteiger partial charge in [-0.15, -0.1) is 0 Å². The smallest absolute Gasteiger partial charge is 0.295 e. The maximum absolute atomic E-state index is 11.2. The van der Waals surface area contributed by atoms with E-state index in [0.29, 0.717) is 23.9 Å². The molecular formula is C13H12N4O3. The summed E-state index contributed by atoms with van der Waals surface area (Å²) in [6.45, 7) is 0.553. The van der Waals surface area contributed by atoms with Crippen molar-refractivity contribution in [3.05, 3.63) is 40.6 Å². The highest BCUT2D eigenvalue weighted by Gasteiger charge is 2.22. The van der Waals surface area contributed by atoms with Crippen LogP contribution in [0.4, 0.5) is 11.4 Å². The third-order valence-electron chi connectivity index (χ3n) is 3.28. The first-order valence-electron chi connectivity index (χ1n) is 6.20. The van der Waals surface area contributed by atoms with Gasteiger partial charge in [0.05, 0.1) is 11.0 Å². The van der Waals surface area contributed by atoms with Crippen LogP contribution in [-0.2, 0) is 4.79 Å². The van der Waals surface area contributed by atoms with E-state index < -0.39 is 4.92 Å². The lowest BCUT2D eigenvalue weighted by molar-refractivity contribution is -0.383. The third kappa shape index (κ3) is 2.13. The molecule has 7 nitrogen and oxygen atoms in total. The molecule has 1 aliphatic rings. The number of rotatable bonds is 3. The van der Waals surface area contributed by atoms with E-state index in [1.807, 2.05) is 0 Å². The number of aromatic nitrogens is 1. The van der Waals surface area contributed by atoms with Crippen molar-refractivity contribution in [1.29, 1.82) is 0 Å². The van der Waals surface area contributed by atoms with Gasteiger partial charge in [-0.05, 0) is 6.07 Å². The maximum atomic E-state index is 11.2. The number of carbonyl (C=O) groups is 1. The fourth-order valence-electron chi connectivity index (χ4n) is 2.36. The third-order valence-corrected chi connectivity index (χ3v) is 3.28. The summed E-state index contributed by atoms with van der Waals surface area (Å²) in [5.74, 6) is 0.00634. The van der Waals surface area contributed by atoms with Crippen LogP contribution < -0.4 is 10.6 Å². The molecule has 20 heavy (non-hydrogen) atoms. The average Bonchev–Trinajstić information content (AvgIpc) is 2.84. The van der Waals surface area contributed by atoms with E-state index >= 15 is 0 Å². The lowest BCUT2D eigenvalue weighted by Gasteiger charge is -2.13. The first-order chi connectivity index (χ1) is 9.65. The minimum Gasteiger partial charge on any atom is -0.379 e. The molecule has 2 aromatic rings. The Labute approximate surface area is 114 Å². The largest absolute Gasteiger partial charge is 0.379 e. The number of nitro groups is 1. The average molecular weight is 272 g/mol. The summed E-state index contributed by atoms with van der Waals surface area (Å²) < 4.78 is 0. The highest BCUT2D eigenvalue weighted by atomic mass is 16.6. The molecule has 1 saturated heterocycles. The molecule has 3 rings (SSSR count). The fraction of sp³-hybridized carbons (Fsp3) is 0.231. The number of nitrogens with zero attached hydrogens (tertiary/aromatic N) is 2. The molecule has 1 fully saturated rings. The molecule has 2 heterocycles. The molecule has 0 aliphatic carbocycles. The molecule has 102 valence electrons. The normalized spacial score (nSPS) is 18.0. The van der Waals surface area contributed by atoms with Crippen LogP contribution in [0.1, 0.15) is 6.42 Å². The van der Waals surface area contributed by atoms with Gasteiger partial charge in [0.2, 0.25) is 5.91 Å². The molecule has 1 amide bonds. The summed E-state index contributed by atoms with van der Waals surface area (Å²) in [6, 6.07) is 6.59. The molecule has 1 aromatic heterocycles. The Kier molecular flexibility index (Phi) is 2.94. The van der Waals surface area contributed by atoms with Crippen molar-refractivity contribution < 1.29 is 9.72 Å².